The van der Waals surface area contributed by atoms with Gasteiger partial charge in [0.15, 0.2) is 0 Å². The summed E-state index contributed by atoms with van der Waals surface area (Å²) >= 11 is 0. The van der Waals surface area contributed by atoms with Crippen molar-refractivity contribution in [3.63, 3.8) is 0 Å². The lowest BCUT2D eigenvalue weighted by atomic mass is 9.85. The molecule has 0 saturated heterocycles. The Morgan fingerprint density at radius 2 is 2.12 bits per heavy atom. The summed E-state index contributed by atoms with van der Waals surface area (Å²) in [7, 11) is 0. The van der Waals surface area contributed by atoms with Crippen molar-refractivity contribution in [2.75, 3.05) is 11.1 Å². The van der Waals surface area contributed by atoms with Crippen molar-refractivity contribution in [2.45, 2.75) is 39.8 Å². The summed E-state index contributed by atoms with van der Waals surface area (Å²) in [5.74, 6) is 0. The van der Waals surface area contributed by atoms with Gasteiger partial charge in [0, 0.05) is 23.0 Å². The molecule has 1 atom stereocenters. The first-order valence-corrected chi connectivity index (χ1v) is 5.70. The Labute approximate surface area is 96.7 Å². The van der Waals surface area contributed by atoms with Crippen LogP contribution in [0.4, 0.5) is 11.4 Å². The van der Waals surface area contributed by atoms with Crippen LogP contribution in [0.25, 0.3) is 0 Å². The number of anilines is 2. The van der Waals surface area contributed by atoms with Crippen molar-refractivity contribution in [1.82, 2.24) is 0 Å². The van der Waals surface area contributed by atoms with Crippen LogP contribution >= 0.6 is 0 Å². The Hall–Kier alpha value is -1.22. The molecule has 3 nitrogen and oxygen atoms in total. The van der Waals surface area contributed by atoms with E-state index in [0.29, 0.717) is 6.04 Å². The summed E-state index contributed by atoms with van der Waals surface area (Å²) in [6.07, 6.45) is 0.983. The average molecular weight is 220 g/mol. The summed E-state index contributed by atoms with van der Waals surface area (Å²) < 4.78 is 0. The molecule has 0 saturated carbocycles. The van der Waals surface area contributed by atoms with E-state index in [1.165, 1.54) is 5.56 Å². The van der Waals surface area contributed by atoms with Crippen molar-refractivity contribution < 1.29 is 5.11 Å². The number of fused-ring (bicyclic) bond motifs is 1. The molecule has 1 heterocycles. The molecule has 16 heavy (non-hydrogen) atoms. The number of aliphatic hydroxyl groups is 1. The van der Waals surface area contributed by atoms with Crippen LogP contribution in [-0.4, -0.2) is 11.1 Å². The molecule has 0 aliphatic carbocycles. The van der Waals surface area contributed by atoms with Crippen LogP contribution in [0.3, 0.4) is 0 Å². The van der Waals surface area contributed by atoms with E-state index in [-0.39, 0.29) is 12.0 Å². The van der Waals surface area contributed by atoms with Crippen molar-refractivity contribution >= 4 is 11.4 Å². The second-order valence-electron chi connectivity index (χ2n) is 5.64. The highest BCUT2D eigenvalue weighted by molar-refractivity contribution is 5.67. The number of benzene rings is 1. The molecule has 1 aliphatic heterocycles. The third-order valence-electron chi connectivity index (χ3n) is 3.28. The van der Waals surface area contributed by atoms with Gasteiger partial charge in [0.25, 0.3) is 0 Å². The lowest BCUT2D eigenvalue weighted by Crippen LogP contribution is -2.31. The van der Waals surface area contributed by atoms with Gasteiger partial charge in [0.1, 0.15) is 0 Å². The molecular formula is C13H20N2O. The monoisotopic (exact) mass is 220 g/mol. The first-order valence-electron chi connectivity index (χ1n) is 5.70. The summed E-state index contributed by atoms with van der Waals surface area (Å²) in [5, 5.41) is 12.8. The van der Waals surface area contributed by atoms with Gasteiger partial charge in [-0.3, -0.25) is 0 Å². The predicted octanol–water partition coefficient (Wildman–Crippen LogP) is 2.14. The number of aliphatic hydroxyl groups excluding tert-OH is 1. The van der Waals surface area contributed by atoms with Crippen LogP contribution in [0.1, 0.15) is 31.9 Å². The largest absolute Gasteiger partial charge is 0.399 e. The molecule has 1 aromatic rings. The minimum atomic E-state index is 0.0389. The van der Waals surface area contributed by atoms with Gasteiger partial charge in [0.2, 0.25) is 0 Å². The lowest BCUT2D eigenvalue weighted by Gasteiger charge is -2.27. The maximum atomic E-state index is 9.32. The number of nitrogens with two attached hydrogens (primary N) is 1. The van der Waals surface area contributed by atoms with Crippen molar-refractivity contribution in [3.05, 3.63) is 23.3 Å². The molecule has 1 aromatic carbocycles. The summed E-state index contributed by atoms with van der Waals surface area (Å²) in [4.78, 5) is 0. The number of hydrogen-bond acceptors (Lipinski definition) is 3. The van der Waals surface area contributed by atoms with E-state index in [1.807, 2.05) is 12.1 Å². The van der Waals surface area contributed by atoms with E-state index >= 15 is 0 Å². The molecule has 0 spiro atoms. The van der Waals surface area contributed by atoms with E-state index < -0.39 is 0 Å². The molecule has 0 bridgehead atoms. The first-order chi connectivity index (χ1) is 7.41. The smallest absolute Gasteiger partial charge is 0.0702 e. The normalized spacial score (nSPS) is 19.4. The Morgan fingerprint density at radius 1 is 1.44 bits per heavy atom. The minimum absolute atomic E-state index is 0.0389. The average Bonchev–Trinajstić information content (AvgIpc) is 2.59. The van der Waals surface area contributed by atoms with Gasteiger partial charge < -0.3 is 16.2 Å². The van der Waals surface area contributed by atoms with Gasteiger partial charge in [-0.1, -0.05) is 20.8 Å². The zero-order chi connectivity index (χ0) is 11.9. The molecule has 3 heteroatoms. The second kappa shape index (κ2) is 3.67. The SMILES string of the molecule is CC(C)(C)C1Cc2cc(N)cc(CO)c2N1. The van der Waals surface area contributed by atoms with Gasteiger partial charge in [0.05, 0.1) is 6.61 Å². The van der Waals surface area contributed by atoms with Gasteiger partial charge in [-0.15, -0.1) is 0 Å². The van der Waals surface area contributed by atoms with Crippen LogP contribution < -0.4 is 11.1 Å². The molecule has 2 rings (SSSR count). The van der Waals surface area contributed by atoms with E-state index in [0.717, 1.165) is 23.4 Å². The van der Waals surface area contributed by atoms with E-state index in [4.69, 9.17) is 5.73 Å². The van der Waals surface area contributed by atoms with E-state index in [9.17, 15) is 5.11 Å². The van der Waals surface area contributed by atoms with Crippen molar-refractivity contribution in [3.8, 4) is 0 Å². The fourth-order valence-electron chi connectivity index (χ4n) is 2.23. The summed E-state index contributed by atoms with van der Waals surface area (Å²) in [6.45, 7) is 6.70. The standard InChI is InChI=1S/C13H20N2O/c1-13(2,3)11-6-8-4-10(14)5-9(7-16)12(8)15-11/h4-5,11,15-16H,6-7,14H2,1-3H3. The number of nitrogen functional groups attached to an aromatic ring is 1. The second-order valence-corrected chi connectivity index (χ2v) is 5.64. The van der Waals surface area contributed by atoms with Crippen molar-refractivity contribution in [2.24, 2.45) is 5.41 Å². The molecular weight excluding hydrogens is 200 g/mol. The molecule has 0 radical (unpaired) electrons. The van der Waals surface area contributed by atoms with Gasteiger partial charge in [-0.05, 0) is 29.5 Å². The summed E-state index contributed by atoms with van der Waals surface area (Å²) in [6, 6.07) is 4.26. The third kappa shape index (κ3) is 1.87. The molecule has 1 aliphatic rings. The van der Waals surface area contributed by atoms with Crippen molar-refractivity contribution in [1.29, 1.82) is 0 Å². The van der Waals surface area contributed by atoms with Crippen LogP contribution in [0.2, 0.25) is 0 Å². The number of hydrogen-bond donors (Lipinski definition) is 3. The Morgan fingerprint density at radius 3 is 2.69 bits per heavy atom. The van der Waals surface area contributed by atoms with Gasteiger partial charge in [-0.2, -0.15) is 0 Å². The van der Waals surface area contributed by atoms with E-state index in [1.54, 1.807) is 0 Å². The Balaban J connectivity index is 2.37. The highest BCUT2D eigenvalue weighted by Crippen LogP contribution is 2.37. The fraction of sp³-hybridized carbons (Fsp3) is 0.538. The molecule has 0 aromatic heterocycles. The highest BCUT2D eigenvalue weighted by atomic mass is 16.3. The van der Waals surface area contributed by atoms with Gasteiger partial charge >= 0.3 is 0 Å². The first kappa shape index (κ1) is 11.3. The third-order valence-corrected chi connectivity index (χ3v) is 3.28. The maximum Gasteiger partial charge on any atom is 0.0702 e. The lowest BCUT2D eigenvalue weighted by molar-refractivity contribution is 0.282. The summed E-state index contributed by atoms with van der Waals surface area (Å²) in [5.41, 5.74) is 9.98. The minimum Gasteiger partial charge on any atom is -0.399 e. The van der Waals surface area contributed by atoms with Crippen LogP contribution in [0.5, 0.6) is 0 Å². The topological polar surface area (TPSA) is 58.3 Å². The van der Waals surface area contributed by atoms with Gasteiger partial charge in [-0.25, -0.2) is 0 Å². The Bertz CT molecular complexity index is 407. The molecule has 0 fully saturated rings. The molecule has 4 N–H and O–H groups in total. The van der Waals surface area contributed by atoms with Crippen LogP contribution in [0.15, 0.2) is 12.1 Å². The maximum absolute atomic E-state index is 9.32. The number of nitrogens with one attached hydrogen (secondary N) is 1. The zero-order valence-electron chi connectivity index (χ0n) is 10.2. The quantitative estimate of drug-likeness (QED) is 0.635. The molecule has 88 valence electrons. The zero-order valence-corrected chi connectivity index (χ0v) is 10.2. The molecule has 1 unspecified atom stereocenters. The van der Waals surface area contributed by atoms with Crippen LogP contribution in [-0.2, 0) is 13.0 Å². The highest BCUT2D eigenvalue weighted by Gasteiger charge is 2.31. The predicted molar refractivity (Wildman–Crippen MR) is 67.3 cm³/mol. The fourth-order valence-corrected chi connectivity index (χ4v) is 2.23. The number of rotatable bonds is 1. The Kier molecular flexibility index (Phi) is 2.58. The van der Waals surface area contributed by atoms with Crippen LogP contribution in [0, 0.1) is 5.41 Å². The molecule has 0 amide bonds. The van der Waals surface area contributed by atoms with E-state index in [2.05, 4.69) is 26.1 Å².